The summed E-state index contributed by atoms with van der Waals surface area (Å²) in [5, 5.41) is 9.43. The van der Waals surface area contributed by atoms with Crippen molar-refractivity contribution < 1.29 is 13.9 Å². The maximum absolute atomic E-state index is 10.8. The van der Waals surface area contributed by atoms with Crippen LogP contribution in [0.15, 0.2) is 65.1 Å². The van der Waals surface area contributed by atoms with Crippen LogP contribution in [0.2, 0.25) is 0 Å². The summed E-state index contributed by atoms with van der Waals surface area (Å²) in [6.07, 6.45) is 0.939. The molecule has 0 spiro atoms. The minimum Gasteiger partial charge on any atom is -0.463 e. The first-order valence-electron chi connectivity index (χ1n) is 11.0. The number of rotatable bonds is 5. The Morgan fingerprint density at radius 1 is 0.969 bits per heavy atom. The third-order valence-electron chi connectivity index (χ3n) is 5.11. The van der Waals surface area contributed by atoms with Crippen LogP contribution < -0.4 is 5.36 Å². The summed E-state index contributed by atoms with van der Waals surface area (Å²) in [7, 11) is 0. The SMILES string of the molecule is CC.CC(C)(C)Cc1ccc2c(-c3ccccc3COC=O)c3ccc(=N)cc-3oc2c1. The topological polar surface area (TPSA) is 63.3 Å². The van der Waals surface area contributed by atoms with Gasteiger partial charge in [-0.2, -0.15) is 0 Å². The van der Waals surface area contributed by atoms with Crippen LogP contribution in [0.5, 0.6) is 0 Å². The second kappa shape index (κ2) is 9.82. The maximum atomic E-state index is 10.8. The number of benzene rings is 3. The lowest BCUT2D eigenvalue weighted by Crippen LogP contribution is -2.09. The average molecular weight is 430 g/mol. The normalized spacial score (nSPS) is 11.2. The van der Waals surface area contributed by atoms with E-state index in [0.717, 1.165) is 39.6 Å². The van der Waals surface area contributed by atoms with Crippen molar-refractivity contribution in [2.75, 3.05) is 0 Å². The summed E-state index contributed by atoms with van der Waals surface area (Å²) >= 11 is 0. The molecule has 0 amide bonds. The van der Waals surface area contributed by atoms with Crippen LogP contribution in [0.3, 0.4) is 0 Å². The Balaban J connectivity index is 0.00000141. The lowest BCUT2D eigenvalue weighted by molar-refractivity contribution is -0.129. The molecule has 0 saturated carbocycles. The van der Waals surface area contributed by atoms with E-state index in [1.54, 1.807) is 12.1 Å². The first-order chi connectivity index (χ1) is 15.4. The van der Waals surface area contributed by atoms with Gasteiger partial charge in [0, 0.05) is 22.6 Å². The second-order valence-electron chi connectivity index (χ2n) is 8.82. The minimum absolute atomic E-state index is 0.167. The zero-order valence-corrected chi connectivity index (χ0v) is 19.5. The number of nitrogens with one attached hydrogen (secondary N) is 1. The number of carbonyl (C=O) groups is 1. The highest BCUT2D eigenvalue weighted by molar-refractivity contribution is 6.02. The van der Waals surface area contributed by atoms with Crippen LogP contribution in [-0.2, 0) is 22.6 Å². The van der Waals surface area contributed by atoms with Crippen LogP contribution in [-0.4, -0.2) is 6.47 Å². The highest BCUT2D eigenvalue weighted by Crippen LogP contribution is 2.41. The molecule has 2 aliphatic rings. The van der Waals surface area contributed by atoms with Gasteiger partial charge in [-0.05, 0) is 46.7 Å². The second-order valence-corrected chi connectivity index (χ2v) is 8.82. The molecule has 0 bridgehead atoms. The highest BCUT2D eigenvalue weighted by atomic mass is 16.5. The Labute approximate surface area is 189 Å². The first kappa shape index (κ1) is 23.3. The van der Waals surface area contributed by atoms with E-state index in [0.29, 0.717) is 17.6 Å². The number of fused-ring (bicyclic) bond motifs is 2. The lowest BCUT2D eigenvalue weighted by Gasteiger charge is -2.20. The van der Waals surface area contributed by atoms with Gasteiger partial charge in [-0.15, -0.1) is 0 Å². The molecule has 2 aromatic carbocycles. The molecule has 1 aliphatic heterocycles. The average Bonchev–Trinajstić information content (AvgIpc) is 2.76. The van der Waals surface area contributed by atoms with Crippen molar-refractivity contribution in [2.45, 2.75) is 47.6 Å². The summed E-state index contributed by atoms with van der Waals surface area (Å²) < 4.78 is 11.3. The zero-order valence-electron chi connectivity index (χ0n) is 19.5. The smallest absolute Gasteiger partial charge is 0.293 e. The number of carbonyl (C=O) groups excluding carboxylic acids is 1. The Bertz CT molecular complexity index is 1250. The van der Waals surface area contributed by atoms with Gasteiger partial charge in [0.1, 0.15) is 18.0 Å². The number of hydrogen-bond donors (Lipinski definition) is 1. The van der Waals surface area contributed by atoms with E-state index < -0.39 is 0 Å². The standard InChI is InChI=1S/C26H25NO3.C2H6/c1-26(2,3)14-17-8-10-21-23(12-17)30-24-13-19(27)9-11-22(24)25(21)20-7-5-4-6-18(20)15-29-16-28;1-2/h4-13,16,27H,14-15H2,1-3H3;1-2H3. The van der Waals surface area contributed by atoms with Crippen LogP contribution in [0.4, 0.5) is 0 Å². The van der Waals surface area contributed by atoms with Gasteiger partial charge in [-0.1, -0.05) is 71.0 Å². The molecule has 32 heavy (non-hydrogen) atoms. The van der Waals surface area contributed by atoms with E-state index in [1.165, 1.54) is 5.56 Å². The summed E-state index contributed by atoms with van der Waals surface area (Å²) in [5.41, 5.74) is 6.04. The van der Waals surface area contributed by atoms with Crippen molar-refractivity contribution in [1.82, 2.24) is 0 Å². The Hall–Kier alpha value is -3.40. The number of hydrogen-bond acceptors (Lipinski definition) is 4. The summed E-state index contributed by atoms with van der Waals surface area (Å²) in [4.78, 5) is 10.8. The summed E-state index contributed by atoms with van der Waals surface area (Å²) in [6, 6.07) is 19.7. The molecule has 0 saturated heterocycles. The Morgan fingerprint density at radius 3 is 2.44 bits per heavy atom. The quantitative estimate of drug-likeness (QED) is 0.275. The summed E-state index contributed by atoms with van der Waals surface area (Å²) in [5.74, 6) is 0.670. The van der Waals surface area contributed by atoms with Gasteiger partial charge in [0.05, 0.1) is 5.36 Å². The Morgan fingerprint density at radius 2 is 1.72 bits per heavy atom. The minimum atomic E-state index is 0.167. The third kappa shape index (κ3) is 5.08. The lowest BCUT2D eigenvalue weighted by atomic mass is 9.86. The maximum Gasteiger partial charge on any atom is 0.293 e. The van der Waals surface area contributed by atoms with Crippen molar-refractivity contribution >= 4 is 17.4 Å². The molecule has 0 fully saturated rings. The van der Waals surface area contributed by atoms with Gasteiger partial charge in [-0.25, -0.2) is 0 Å². The van der Waals surface area contributed by atoms with Gasteiger partial charge < -0.3 is 14.6 Å². The number of ether oxygens (including phenoxy) is 1. The van der Waals surface area contributed by atoms with E-state index in [-0.39, 0.29) is 12.0 Å². The van der Waals surface area contributed by atoms with Gasteiger partial charge in [0.15, 0.2) is 0 Å². The molecule has 0 radical (unpaired) electrons. The van der Waals surface area contributed by atoms with Gasteiger partial charge in [0.2, 0.25) is 0 Å². The Kier molecular flexibility index (Phi) is 7.14. The van der Waals surface area contributed by atoms with Gasteiger partial charge in [0.25, 0.3) is 6.47 Å². The molecule has 0 aromatic heterocycles. The summed E-state index contributed by atoms with van der Waals surface area (Å²) in [6.45, 7) is 11.3. The molecule has 166 valence electrons. The molecule has 4 nitrogen and oxygen atoms in total. The van der Waals surface area contributed by atoms with Crippen molar-refractivity contribution in [3.05, 3.63) is 77.1 Å². The van der Waals surface area contributed by atoms with Crippen LogP contribution in [0.1, 0.15) is 45.7 Å². The van der Waals surface area contributed by atoms with Crippen LogP contribution in [0.25, 0.3) is 33.4 Å². The molecule has 1 heterocycles. The van der Waals surface area contributed by atoms with E-state index in [9.17, 15) is 4.79 Å². The van der Waals surface area contributed by atoms with Crippen molar-refractivity contribution in [3.63, 3.8) is 0 Å². The monoisotopic (exact) mass is 429 g/mol. The predicted molar refractivity (Wildman–Crippen MR) is 129 cm³/mol. The van der Waals surface area contributed by atoms with E-state index in [1.807, 2.05) is 44.2 Å². The van der Waals surface area contributed by atoms with Crippen LogP contribution >= 0.6 is 0 Å². The zero-order chi connectivity index (χ0) is 23.3. The van der Waals surface area contributed by atoms with Gasteiger partial charge >= 0.3 is 0 Å². The molecule has 2 aromatic rings. The first-order valence-corrected chi connectivity index (χ1v) is 11.0. The molecule has 1 N–H and O–H groups in total. The molecule has 4 rings (SSSR count). The molecule has 0 atom stereocenters. The van der Waals surface area contributed by atoms with Crippen LogP contribution in [0, 0.1) is 10.8 Å². The molecule has 4 heteroatoms. The molecule has 0 unspecified atom stereocenters. The van der Waals surface area contributed by atoms with Crippen molar-refractivity contribution in [1.29, 1.82) is 5.41 Å². The van der Waals surface area contributed by atoms with E-state index in [4.69, 9.17) is 14.6 Å². The fourth-order valence-corrected chi connectivity index (χ4v) is 3.96. The van der Waals surface area contributed by atoms with E-state index in [2.05, 4.69) is 39.0 Å². The fourth-order valence-electron chi connectivity index (χ4n) is 3.96. The highest BCUT2D eigenvalue weighted by Gasteiger charge is 2.20. The van der Waals surface area contributed by atoms with Crippen molar-refractivity contribution in [2.24, 2.45) is 5.41 Å². The third-order valence-corrected chi connectivity index (χ3v) is 5.11. The largest absolute Gasteiger partial charge is 0.463 e. The van der Waals surface area contributed by atoms with E-state index >= 15 is 0 Å². The predicted octanol–water partition coefficient (Wildman–Crippen LogP) is 6.97. The fraction of sp³-hybridized carbons (Fsp3) is 0.286. The molecular formula is C28H31NO3. The molecule has 1 aliphatic carbocycles. The van der Waals surface area contributed by atoms with Gasteiger partial charge in [-0.3, -0.25) is 4.79 Å². The molecular weight excluding hydrogens is 398 g/mol. The van der Waals surface area contributed by atoms with Crippen molar-refractivity contribution in [3.8, 4) is 22.5 Å².